The molecule has 0 atom stereocenters. The molecule has 5 rings (SSSR count). The second-order valence-electron chi connectivity index (χ2n) is 7.56. The molecular weight excluding hydrogens is 400 g/mol. The molecule has 0 fully saturated rings. The zero-order valence-electron chi connectivity index (χ0n) is 17.1. The number of nitriles is 4. The molecule has 0 aliphatic rings. The highest BCUT2D eigenvalue weighted by Gasteiger charge is 2.23. The van der Waals surface area contributed by atoms with Gasteiger partial charge in [0.2, 0.25) is 0 Å². The molecule has 148 valence electrons. The average molecular weight is 412 g/mol. The minimum atomic E-state index is -0.138. The van der Waals surface area contributed by atoms with Gasteiger partial charge in [-0.3, -0.25) is 0 Å². The molecule has 2 aromatic heterocycles. The van der Waals surface area contributed by atoms with Gasteiger partial charge >= 0.3 is 0 Å². The molecule has 32 heavy (non-hydrogen) atoms. The second-order valence-corrected chi connectivity index (χ2v) is 7.56. The van der Waals surface area contributed by atoms with Gasteiger partial charge in [0.25, 0.3) is 0 Å². The third-order valence-corrected chi connectivity index (χ3v) is 5.59. The normalized spacial score (nSPS) is 10.7. The Balaban J connectivity index is 2.35. The van der Waals surface area contributed by atoms with Gasteiger partial charge in [-0.2, -0.15) is 21.0 Å². The Morgan fingerprint density at radius 2 is 1.00 bits per heavy atom. The monoisotopic (exact) mass is 412 g/mol. The van der Waals surface area contributed by atoms with Gasteiger partial charge in [-0.1, -0.05) is 24.3 Å². The molecule has 0 bridgehead atoms. The Morgan fingerprint density at radius 1 is 0.625 bits per heavy atom. The molecule has 6 nitrogen and oxygen atoms in total. The summed E-state index contributed by atoms with van der Waals surface area (Å²) in [7, 11) is 0. The van der Waals surface area contributed by atoms with E-state index in [9.17, 15) is 21.0 Å². The SMILES string of the molecule is Cc1ccc2c(c1)oc1c(=C(C#N)C#N)c3c(oc4cc(C)ccc43)c(=C(C#N)C#N)c12. The van der Waals surface area contributed by atoms with Crippen LogP contribution >= 0.6 is 0 Å². The summed E-state index contributed by atoms with van der Waals surface area (Å²) in [4.78, 5) is 0. The summed E-state index contributed by atoms with van der Waals surface area (Å²) in [5, 5.41) is 41.9. The topological polar surface area (TPSA) is 121 Å². The molecule has 0 spiro atoms. The minimum absolute atomic E-state index is 0.138. The number of rotatable bonds is 0. The number of aryl methyl sites for hydroxylation is 2. The first-order chi connectivity index (χ1) is 15.5. The van der Waals surface area contributed by atoms with E-state index in [1.165, 1.54) is 0 Å². The van der Waals surface area contributed by atoms with Crippen molar-refractivity contribution in [3.63, 3.8) is 0 Å². The highest BCUT2D eigenvalue weighted by Crippen LogP contribution is 2.32. The van der Waals surface area contributed by atoms with Crippen molar-refractivity contribution in [3.8, 4) is 24.3 Å². The van der Waals surface area contributed by atoms with Crippen LogP contribution in [-0.2, 0) is 0 Å². The van der Waals surface area contributed by atoms with E-state index in [1.807, 2.05) is 74.5 Å². The molecule has 2 heterocycles. The minimum Gasteiger partial charge on any atom is -0.455 e. The Morgan fingerprint density at radius 3 is 1.34 bits per heavy atom. The van der Waals surface area contributed by atoms with Gasteiger partial charge in [0.15, 0.2) is 0 Å². The summed E-state index contributed by atoms with van der Waals surface area (Å²) in [5.41, 5.74) is 3.25. The van der Waals surface area contributed by atoms with Crippen molar-refractivity contribution < 1.29 is 8.83 Å². The van der Waals surface area contributed by atoms with Crippen LogP contribution in [0.1, 0.15) is 11.1 Å². The lowest BCUT2D eigenvalue weighted by molar-refractivity contribution is 0.659. The fourth-order valence-corrected chi connectivity index (χ4v) is 4.23. The quantitative estimate of drug-likeness (QED) is 0.369. The van der Waals surface area contributed by atoms with E-state index in [-0.39, 0.29) is 22.3 Å². The molecule has 0 N–H and O–H groups in total. The largest absolute Gasteiger partial charge is 0.455 e. The predicted molar refractivity (Wildman–Crippen MR) is 119 cm³/mol. The standard InChI is InChI=1S/C26H12N4O2/c1-13-3-5-17-19(7-13)31-25-22(16(11-29)12-30)24-18-6-4-14(2)8-20(18)32-26(24)21(23(17)25)15(9-27)10-28/h3-8H,1-2H3. The molecule has 5 aromatic rings. The summed E-state index contributed by atoms with van der Waals surface area (Å²) in [5.74, 6) is 0. The smallest absolute Gasteiger partial charge is 0.146 e. The van der Waals surface area contributed by atoms with Crippen LogP contribution in [-0.4, -0.2) is 0 Å². The third-order valence-electron chi connectivity index (χ3n) is 5.59. The Kier molecular flexibility index (Phi) is 4.00. The van der Waals surface area contributed by atoms with Gasteiger partial charge in [-0.15, -0.1) is 0 Å². The molecule has 0 aliphatic heterocycles. The van der Waals surface area contributed by atoms with Gasteiger partial charge in [-0.05, 0) is 37.1 Å². The molecular formula is C26H12N4O2. The highest BCUT2D eigenvalue weighted by molar-refractivity contribution is 6.18. The van der Waals surface area contributed by atoms with Crippen molar-refractivity contribution >= 4 is 55.0 Å². The van der Waals surface area contributed by atoms with E-state index in [0.717, 1.165) is 11.1 Å². The Labute approximate surface area is 181 Å². The fourth-order valence-electron chi connectivity index (χ4n) is 4.23. The summed E-state index contributed by atoms with van der Waals surface area (Å²) in [6, 6.07) is 19.0. The van der Waals surface area contributed by atoms with Crippen molar-refractivity contribution in [2.45, 2.75) is 13.8 Å². The lowest BCUT2D eigenvalue weighted by Gasteiger charge is -1.99. The zero-order chi connectivity index (χ0) is 22.6. The first-order valence-corrected chi connectivity index (χ1v) is 9.69. The van der Waals surface area contributed by atoms with Crippen LogP contribution in [0.15, 0.2) is 45.2 Å². The number of fused-ring (bicyclic) bond motifs is 6. The maximum Gasteiger partial charge on any atom is 0.146 e. The van der Waals surface area contributed by atoms with Crippen LogP contribution in [0.2, 0.25) is 0 Å². The molecule has 0 saturated carbocycles. The van der Waals surface area contributed by atoms with E-state index in [2.05, 4.69) is 0 Å². The number of hydrogen-bond acceptors (Lipinski definition) is 6. The van der Waals surface area contributed by atoms with E-state index in [1.54, 1.807) is 0 Å². The maximum absolute atomic E-state index is 9.75. The first kappa shape index (κ1) is 19.0. The van der Waals surface area contributed by atoms with E-state index < -0.39 is 0 Å². The molecule has 0 radical (unpaired) electrons. The van der Waals surface area contributed by atoms with Gasteiger partial charge in [-0.25, -0.2) is 0 Å². The van der Waals surface area contributed by atoms with E-state index in [0.29, 0.717) is 43.1 Å². The summed E-state index contributed by atoms with van der Waals surface area (Å²) >= 11 is 0. The second kappa shape index (κ2) is 6.75. The van der Waals surface area contributed by atoms with Crippen LogP contribution in [0.5, 0.6) is 0 Å². The number of furan rings is 2. The van der Waals surface area contributed by atoms with Gasteiger partial charge in [0, 0.05) is 21.5 Å². The number of hydrogen-bond donors (Lipinski definition) is 0. The van der Waals surface area contributed by atoms with E-state index in [4.69, 9.17) is 8.83 Å². The van der Waals surface area contributed by atoms with E-state index >= 15 is 0 Å². The van der Waals surface area contributed by atoms with Crippen LogP contribution in [0, 0.1) is 59.2 Å². The van der Waals surface area contributed by atoms with Crippen LogP contribution in [0.4, 0.5) is 0 Å². The van der Waals surface area contributed by atoms with Crippen molar-refractivity contribution in [2.24, 2.45) is 0 Å². The molecule has 0 aliphatic carbocycles. The third kappa shape index (κ3) is 2.42. The Hall–Kier alpha value is -5.04. The van der Waals surface area contributed by atoms with Crippen molar-refractivity contribution in [1.29, 1.82) is 21.0 Å². The van der Waals surface area contributed by atoms with Gasteiger partial charge in [0.05, 0.1) is 10.4 Å². The summed E-state index contributed by atoms with van der Waals surface area (Å²) in [6.07, 6.45) is 0. The molecule has 0 unspecified atom stereocenters. The fraction of sp³-hybridized carbons (Fsp3) is 0.0769. The van der Waals surface area contributed by atoms with Gasteiger partial charge in [0.1, 0.15) is 57.8 Å². The predicted octanol–water partition coefficient (Wildman–Crippen LogP) is 4.50. The van der Waals surface area contributed by atoms with Gasteiger partial charge < -0.3 is 8.83 Å². The number of benzene rings is 3. The van der Waals surface area contributed by atoms with Crippen molar-refractivity contribution in [1.82, 2.24) is 0 Å². The number of nitrogens with zero attached hydrogens (tertiary/aromatic N) is 4. The molecule has 0 saturated heterocycles. The van der Waals surface area contributed by atoms with Crippen molar-refractivity contribution in [3.05, 3.63) is 58.0 Å². The van der Waals surface area contributed by atoms with Crippen LogP contribution < -0.4 is 10.4 Å². The molecule has 0 amide bonds. The lowest BCUT2D eigenvalue weighted by Crippen LogP contribution is -2.16. The summed E-state index contributed by atoms with van der Waals surface area (Å²) in [6.45, 7) is 3.83. The van der Waals surface area contributed by atoms with Crippen molar-refractivity contribution in [2.75, 3.05) is 0 Å². The first-order valence-electron chi connectivity index (χ1n) is 9.69. The molecule has 3 aromatic carbocycles. The average Bonchev–Trinajstić information content (AvgIpc) is 3.33. The van der Waals surface area contributed by atoms with Crippen LogP contribution in [0.25, 0.3) is 55.0 Å². The zero-order valence-corrected chi connectivity index (χ0v) is 17.1. The molecule has 6 heteroatoms. The summed E-state index contributed by atoms with van der Waals surface area (Å²) < 4.78 is 12.4. The maximum atomic E-state index is 9.75. The highest BCUT2D eigenvalue weighted by atomic mass is 16.3. The lowest BCUT2D eigenvalue weighted by atomic mass is 9.98. The Bertz CT molecular complexity index is 1770. The van der Waals surface area contributed by atoms with Crippen LogP contribution in [0.3, 0.4) is 0 Å².